The Morgan fingerprint density at radius 1 is 1.31 bits per heavy atom. The van der Waals surface area contributed by atoms with Crippen LogP contribution in [0.1, 0.15) is 6.92 Å². The van der Waals surface area contributed by atoms with Crippen molar-refractivity contribution in [3.05, 3.63) is 0 Å². The third kappa shape index (κ3) is 2.67. The molecule has 0 radical (unpaired) electrons. The molecule has 0 aromatic carbocycles. The molecule has 1 saturated heterocycles. The standard InChI is InChI=1S/C9H19N3O/c1-8(9(13)10-2)12-6-4-11(3)5-7-12/h8H,4-7H2,1-3H3,(H,10,13). The number of hydrogen-bond acceptors (Lipinski definition) is 3. The molecule has 4 heteroatoms. The molecule has 0 bridgehead atoms. The number of hydrogen-bond donors (Lipinski definition) is 1. The fourth-order valence-corrected chi connectivity index (χ4v) is 1.58. The van der Waals surface area contributed by atoms with E-state index in [2.05, 4.69) is 22.2 Å². The summed E-state index contributed by atoms with van der Waals surface area (Å²) in [5.74, 6) is 0.115. The van der Waals surface area contributed by atoms with Gasteiger partial charge >= 0.3 is 0 Å². The van der Waals surface area contributed by atoms with E-state index in [1.54, 1.807) is 7.05 Å². The average molecular weight is 185 g/mol. The van der Waals surface area contributed by atoms with Crippen LogP contribution in [0.25, 0.3) is 0 Å². The van der Waals surface area contributed by atoms with E-state index < -0.39 is 0 Å². The number of nitrogens with zero attached hydrogens (tertiary/aromatic N) is 2. The number of amides is 1. The first-order valence-corrected chi connectivity index (χ1v) is 4.79. The minimum atomic E-state index is 0.0127. The summed E-state index contributed by atoms with van der Waals surface area (Å²) in [7, 11) is 3.80. The second-order valence-corrected chi connectivity index (χ2v) is 3.63. The van der Waals surface area contributed by atoms with E-state index in [9.17, 15) is 4.79 Å². The summed E-state index contributed by atoms with van der Waals surface area (Å²) < 4.78 is 0. The van der Waals surface area contributed by atoms with Crippen LogP contribution < -0.4 is 5.32 Å². The molecule has 1 heterocycles. The van der Waals surface area contributed by atoms with E-state index in [0.29, 0.717) is 0 Å². The highest BCUT2D eigenvalue weighted by Crippen LogP contribution is 2.04. The number of piperazine rings is 1. The molecule has 1 unspecified atom stereocenters. The van der Waals surface area contributed by atoms with Crippen LogP contribution in [0.15, 0.2) is 0 Å². The second kappa shape index (κ2) is 4.58. The Kier molecular flexibility index (Phi) is 3.69. The first kappa shape index (κ1) is 10.5. The van der Waals surface area contributed by atoms with Gasteiger partial charge in [0.05, 0.1) is 6.04 Å². The predicted molar refractivity (Wildman–Crippen MR) is 52.6 cm³/mol. The van der Waals surface area contributed by atoms with E-state index in [0.717, 1.165) is 26.2 Å². The Balaban J connectivity index is 2.39. The van der Waals surface area contributed by atoms with Crippen molar-refractivity contribution in [2.45, 2.75) is 13.0 Å². The molecule has 0 aromatic rings. The van der Waals surface area contributed by atoms with Crippen molar-refractivity contribution in [3.8, 4) is 0 Å². The molecule has 13 heavy (non-hydrogen) atoms. The average Bonchev–Trinajstić information content (AvgIpc) is 2.17. The van der Waals surface area contributed by atoms with Crippen LogP contribution >= 0.6 is 0 Å². The van der Waals surface area contributed by atoms with E-state index >= 15 is 0 Å². The number of nitrogens with one attached hydrogen (secondary N) is 1. The molecule has 1 atom stereocenters. The molecule has 0 aliphatic carbocycles. The molecule has 1 aliphatic rings. The first-order valence-electron chi connectivity index (χ1n) is 4.79. The predicted octanol–water partition coefficient (Wildman–Crippen LogP) is -0.632. The van der Waals surface area contributed by atoms with Crippen molar-refractivity contribution in [2.24, 2.45) is 0 Å². The monoisotopic (exact) mass is 185 g/mol. The van der Waals surface area contributed by atoms with Crippen LogP contribution in [0.4, 0.5) is 0 Å². The molecule has 1 amide bonds. The zero-order valence-corrected chi connectivity index (χ0v) is 8.71. The van der Waals surface area contributed by atoms with Gasteiger partial charge in [-0.15, -0.1) is 0 Å². The summed E-state index contributed by atoms with van der Waals surface area (Å²) in [6.07, 6.45) is 0. The van der Waals surface area contributed by atoms with Crippen LogP contribution in [0.3, 0.4) is 0 Å². The van der Waals surface area contributed by atoms with Crippen LogP contribution in [0.5, 0.6) is 0 Å². The lowest BCUT2D eigenvalue weighted by atomic mass is 10.2. The highest BCUT2D eigenvalue weighted by molar-refractivity contribution is 5.80. The summed E-state index contributed by atoms with van der Waals surface area (Å²) in [4.78, 5) is 15.8. The van der Waals surface area contributed by atoms with Crippen LogP contribution in [-0.4, -0.2) is 62.0 Å². The maximum Gasteiger partial charge on any atom is 0.236 e. The lowest BCUT2D eigenvalue weighted by Gasteiger charge is -2.35. The van der Waals surface area contributed by atoms with Gasteiger partial charge in [-0.25, -0.2) is 0 Å². The molecule has 1 fully saturated rings. The molecule has 1 N–H and O–H groups in total. The number of likely N-dealkylation sites (N-methyl/N-ethyl adjacent to an activating group) is 2. The lowest BCUT2D eigenvalue weighted by Crippen LogP contribution is -2.52. The van der Waals surface area contributed by atoms with Crippen molar-refractivity contribution in [1.82, 2.24) is 15.1 Å². The van der Waals surface area contributed by atoms with E-state index in [1.807, 2.05) is 6.92 Å². The molecule has 4 nitrogen and oxygen atoms in total. The number of carbonyl (C=O) groups is 1. The topological polar surface area (TPSA) is 35.6 Å². The second-order valence-electron chi connectivity index (χ2n) is 3.63. The smallest absolute Gasteiger partial charge is 0.236 e. The number of rotatable bonds is 2. The highest BCUT2D eigenvalue weighted by atomic mass is 16.2. The Labute approximate surface area is 79.9 Å². The summed E-state index contributed by atoms with van der Waals surface area (Å²) in [5, 5.41) is 2.68. The minimum absolute atomic E-state index is 0.0127. The largest absolute Gasteiger partial charge is 0.358 e. The first-order chi connectivity index (χ1) is 6.15. The van der Waals surface area contributed by atoms with Crippen molar-refractivity contribution >= 4 is 5.91 Å². The molecule has 0 saturated carbocycles. The Bertz CT molecular complexity index is 176. The Hall–Kier alpha value is -0.610. The number of carbonyl (C=O) groups excluding carboxylic acids is 1. The fourth-order valence-electron chi connectivity index (χ4n) is 1.58. The molecule has 76 valence electrons. The summed E-state index contributed by atoms with van der Waals surface area (Å²) in [6, 6.07) is 0.0127. The van der Waals surface area contributed by atoms with Gasteiger partial charge in [0, 0.05) is 33.2 Å². The summed E-state index contributed by atoms with van der Waals surface area (Å²) >= 11 is 0. The van der Waals surface area contributed by atoms with Crippen molar-refractivity contribution in [2.75, 3.05) is 40.3 Å². The Morgan fingerprint density at radius 2 is 1.85 bits per heavy atom. The third-order valence-corrected chi connectivity index (χ3v) is 2.71. The van der Waals surface area contributed by atoms with Gasteiger partial charge in [-0.3, -0.25) is 9.69 Å². The fraction of sp³-hybridized carbons (Fsp3) is 0.889. The molecule has 1 aliphatic heterocycles. The minimum Gasteiger partial charge on any atom is -0.358 e. The van der Waals surface area contributed by atoms with Crippen molar-refractivity contribution < 1.29 is 4.79 Å². The third-order valence-electron chi connectivity index (χ3n) is 2.71. The quantitative estimate of drug-likeness (QED) is 0.622. The SMILES string of the molecule is CNC(=O)C(C)N1CCN(C)CC1. The van der Waals surface area contributed by atoms with E-state index in [1.165, 1.54) is 0 Å². The molecule has 0 aromatic heterocycles. The molecular weight excluding hydrogens is 166 g/mol. The maximum atomic E-state index is 11.3. The molecule has 1 rings (SSSR count). The van der Waals surface area contributed by atoms with Gasteiger partial charge in [-0.1, -0.05) is 0 Å². The zero-order valence-electron chi connectivity index (χ0n) is 8.71. The van der Waals surface area contributed by atoms with E-state index in [4.69, 9.17) is 0 Å². The molecule has 0 spiro atoms. The van der Waals surface area contributed by atoms with E-state index in [-0.39, 0.29) is 11.9 Å². The summed E-state index contributed by atoms with van der Waals surface area (Å²) in [6.45, 7) is 6.06. The van der Waals surface area contributed by atoms with Crippen LogP contribution in [0, 0.1) is 0 Å². The maximum absolute atomic E-state index is 11.3. The van der Waals surface area contributed by atoms with Gasteiger partial charge in [0.1, 0.15) is 0 Å². The van der Waals surface area contributed by atoms with Crippen LogP contribution in [0.2, 0.25) is 0 Å². The zero-order chi connectivity index (χ0) is 9.84. The highest BCUT2D eigenvalue weighted by Gasteiger charge is 2.23. The van der Waals surface area contributed by atoms with Gasteiger partial charge in [-0.2, -0.15) is 0 Å². The van der Waals surface area contributed by atoms with Gasteiger partial charge in [-0.05, 0) is 14.0 Å². The van der Waals surface area contributed by atoms with Gasteiger partial charge in [0.15, 0.2) is 0 Å². The lowest BCUT2D eigenvalue weighted by molar-refractivity contribution is -0.126. The summed E-state index contributed by atoms with van der Waals surface area (Å²) in [5.41, 5.74) is 0. The van der Waals surface area contributed by atoms with Gasteiger partial charge in [0.2, 0.25) is 5.91 Å². The van der Waals surface area contributed by atoms with Gasteiger partial charge < -0.3 is 10.2 Å². The van der Waals surface area contributed by atoms with Crippen LogP contribution in [-0.2, 0) is 4.79 Å². The van der Waals surface area contributed by atoms with Crippen molar-refractivity contribution in [1.29, 1.82) is 0 Å². The van der Waals surface area contributed by atoms with Crippen molar-refractivity contribution in [3.63, 3.8) is 0 Å². The normalized spacial score (nSPS) is 22.7. The molecular formula is C9H19N3O. The van der Waals surface area contributed by atoms with Gasteiger partial charge in [0.25, 0.3) is 0 Å². The Morgan fingerprint density at radius 3 is 2.31 bits per heavy atom.